The number of hydrogen-bond donors (Lipinski definition) is 1. The van der Waals surface area contributed by atoms with E-state index >= 15 is 0 Å². The van der Waals surface area contributed by atoms with Crippen molar-refractivity contribution in [2.24, 2.45) is 0 Å². The van der Waals surface area contributed by atoms with Gasteiger partial charge in [-0.15, -0.1) is 0 Å². The Labute approximate surface area is 200 Å². The third kappa shape index (κ3) is 5.82. The fourth-order valence-electron chi connectivity index (χ4n) is 4.12. The molecule has 0 fully saturated rings. The molecule has 1 N–H and O–H groups in total. The number of nitrogens with zero attached hydrogens (tertiary/aromatic N) is 2. The first-order valence-corrected chi connectivity index (χ1v) is 11.9. The normalized spacial score (nSPS) is 11.1. The van der Waals surface area contributed by atoms with Crippen LogP contribution in [-0.4, -0.2) is 22.0 Å². The minimum Gasteiger partial charge on any atom is -0.352 e. The first-order valence-electron chi connectivity index (χ1n) is 11.6. The lowest BCUT2D eigenvalue weighted by Crippen LogP contribution is -2.24. The Balaban J connectivity index is 1.35. The quantitative estimate of drug-likeness (QED) is 0.290. The second-order valence-corrected chi connectivity index (χ2v) is 9.04. The lowest BCUT2D eigenvalue weighted by Gasteiger charge is -2.12. The number of halogens is 1. The maximum Gasteiger partial charge on any atom is 0.251 e. The van der Waals surface area contributed by atoms with Gasteiger partial charge in [-0.25, -0.2) is 4.98 Å². The summed E-state index contributed by atoms with van der Waals surface area (Å²) in [5, 5.41) is 3.63. The first-order chi connectivity index (χ1) is 16.0. The first kappa shape index (κ1) is 23.1. The number of benzene rings is 3. The number of amides is 1. The van der Waals surface area contributed by atoms with Gasteiger partial charge in [-0.1, -0.05) is 53.9 Å². The van der Waals surface area contributed by atoms with Crippen LogP contribution < -0.4 is 5.32 Å². The third-order valence-electron chi connectivity index (χ3n) is 6.04. The van der Waals surface area contributed by atoms with Crippen LogP contribution in [0.4, 0.5) is 0 Å². The highest BCUT2D eigenvalue weighted by Crippen LogP contribution is 2.21. The number of unbranched alkanes of at least 4 members (excludes halogenated alkanes) is 2. The van der Waals surface area contributed by atoms with E-state index in [2.05, 4.69) is 60.1 Å². The Bertz CT molecular complexity index is 1240. The van der Waals surface area contributed by atoms with Crippen molar-refractivity contribution in [1.29, 1.82) is 0 Å². The molecule has 0 aliphatic heterocycles. The molecule has 3 aromatic carbocycles. The summed E-state index contributed by atoms with van der Waals surface area (Å²) >= 11 is 5.89. The molecular formula is C28H30ClN3O. The maximum atomic E-state index is 12.2. The number of carbonyl (C=O) groups excluding carboxylic acids is 1. The Morgan fingerprint density at radius 3 is 2.58 bits per heavy atom. The Morgan fingerprint density at radius 1 is 0.970 bits per heavy atom. The predicted molar refractivity (Wildman–Crippen MR) is 136 cm³/mol. The van der Waals surface area contributed by atoms with Crippen LogP contribution in [0.1, 0.15) is 52.1 Å². The molecule has 33 heavy (non-hydrogen) atoms. The van der Waals surface area contributed by atoms with Crippen LogP contribution in [0.15, 0.2) is 66.7 Å². The summed E-state index contributed by atoms with van der Waals surface area (Å²) in [6, 6.07) is 22.0. The van der Waals surface area contributed by atoms with Gasteiger partial charge in [0.25, 0.3) is 5.91 Å². The molecule has 0 bridgehead atoms. The van der Waals surface area contributed by atoms with Crippen LogP contribution in [0.2, 0.25) is 5.02 Å². The smallest absolute Gasteiger partial charge is 0.251 e. The van der Waals surface area contributed by atoms with Crippen molar-refractivity contribution >= 4 is 28.5 Å². The highest BCUT2D eigenvalue weighted by atomic mass is 35.5. The summed E-state index contributed by atoms with van der Waals surface area (Å²) < 4.78 is 2.36. The zero-order valence-corrected chi connectivity index (χ0v) is 20.0. The number of rotatable bonds is 9. The van der Waals surface area contributed by atoms with Crippen LogP contribution in [0.5, 0.6) is 0 Å². The zero-order chi connectivity index (χ0) is 23.2. The average Bonchev–Trinajstić information content (AvgIpc) is 3.16. The molecule has 1 aromatic heterocycles. The summed E-state index contributed by atoms with van der Waals surface area (Å²) in [5.41, 5.74) is 6.79. The summed E-state index contributed by atoms with van der Waals surface area (Å²) in [6.45, 7) is 5.81. The Kier molecular flexibility index (Phi) is 7.46. The van der Waals surface area contributed by atoms with Crippen molar-refractivity contribution in [1.82, 2.24) is 14.9 Å². The van der Waals surface area contributed by atoms with Gasteiger partial charge in [-0.2, -0.15) is 0 Å². The monoisotopic (exact) mass is 459 g/mol. The van der Waals surface area contributed by atoms with E-state index in [9.17, 15) is 4.79 Å². The molecule has 0 atom stereocenters. The van der Waals surface area contributed by atoms with Gasteiger partial charge in [-0.05, 0) is 74.2 Å². The number of carbonyl (C=O) groups is 1. The maximum absolute atomic E-state index is 12.2. The third-order valence-corrected chi connectivity index (χ3v) is 6.29. The van der Waals surface area contributed by atoms with E-state index in [1.807, 2.05) is 6.07 Å². The molecule has 4 rings (SSSR count). The van der Waals surface area contributed by atoms with Gasteiger partial charge in [0.15, 0.2) is 0 Å². The van der Waals surface area contributed by atoms with Crippen LogP contribution in [0.25, 0.3) is 11.0 Å². The van der Waals surface area contributed by atoms with Gasteiger partial charge in [-0.3, -0.25) is 4.79 Å². The standard InChI is InChI=1S/C28H30ClN3O/c1-20-11-12-21(2)23(18-20)19-32-26-9-6-5-8-25(26)31-27(32)10-4-3-7-17-30-28(33)22-13-15-24(29)16-14-22/h5-6,8-9,11-16,18H,3-4,7,10,17,19H2,1-2H3,(H,30,33). The fourth-order valence-corrected chi connectivity index (χ4v) is 4.25. The van der Waals surface area contributed by atoms with Gasteiger partial charge >= 0.3 is 0 Å². The average molecular weight is 460 g/mol. The number of hydrogen-bond acceptors (Lipinski definition) is 2. The molecule has 5 heteroatoms. The number of aromatic nitrogens is 2. The van der Waals surface area contributed by atoms with Gasteiger partial charge in [0.1, 0.15) is 5.82 Å². The van der Waals surface area contributed by atoms with Crippen LogP contribution in [0.3, 0.4) is 0 Å². The van der Waals surface area contributed by atoms with E-state index in [4.69, 9.17) is 16.6 Å². The van der Waals surface area contributed by atoms with Gasteiger partial charge < -0.3 is 9.88 Å². The molecule has 4 nitrogen and oxygen atoms in total. The highest BCUT2D eigenvalue weighted by molar-refractivity contribution is 6.30. The molecule has 4 aromatic rings. The van der Waals surface area contributed by atoms with Crippen molar-refractivity contribution in [2.75, 3.05) is 6.54 Å². The van der Waals surface area contributed by atoms with E-state index in [-0.39, 0.29) is 5.91 Å². The number of imidazole rings is 1. The zero-order valence-electron chi connectivity index (χ0n) is 19.3. The van der Waals surface area contributed by atoms with E-state index in [0.29, 0.717) is 17.1 Å². The van der Waals surface area contributed by atoms with E-state index < -0.39 is 0 Å². The van der Waals surface area contributed by atoms with Crippen LogP contribution >= 0.6 is 11.6 Å². The molecular weight excluding hydrogens is 430 g/mol. The Morgan fingerprint density at radius 2 is 1.76 bits per heavy atom. The lowest BCUT2D eigenvalue weighted by atomic mass is 10.1. The molecule has 0 saturated heterocycles. The van der Waals surface area contributed by atoms with Gasteiger partial charge in [0, 0.05) is 30.1 Å². The van der Waals surface area contributed by atoms with Crippen LogP contribution in [0, 0.1) is 13.8 Å². The summed E-state index contributed by atoms with van der Waals surface area (Å²) in [7, 11) is 0. The predicted octanol–water partition coefficient (Wildman–Crippen LogP) is 6.50. The molecule has 1 heterocycles. The minimum atomic E-state index is -0.0537. The van der Waals surface area contributed by atoms with Crippen molar-refractivity contribution in [2.45, 2.75) is 46.1 Å². The highest BCUT2D eigenvalue weighted by Gasteiger charge is 2.12. The fraction of sp³-hybridized carbons (Fsp3) is 0.286. The number of nitrogens with one attached hydrogen (secondary N) is 1. The van der Waals surface area contributed by atoms with Crippen molar-refractivity contribution in [3.63, 3.8) is 0 Å². The topological polar surface area (TPSA) is 46.9 Å². The van der Waals surface area contributed by atoms with E-state index in [0.717, 1.165) is 43.6 Å². The molecule has 0 unspecified atom stereocenters. The largest absolute Gasteiger partial charge is 0.352 e. The van der Waals surface area contributed by atoms with Crippen molar-refractivity contribution in [3.8, 4) is 0 Å². The van der Waals surface area contributed by atoms with Crippen LogP contribution in [-0.2, 0) is 13.0 Å². The number of aryl methyl sites for hydroxylation is 3. The van der Waals surface area contributed by atoms with Gasteiger partial charge in [0.05, 0.1) is 11.0 Å². The summed E-state index contributed by atoms with van der Waals surface area (Å²) in [4.78, 5) is 17.1. The number of fused-ring (bicyclic) bond motifs is 1. The second kappa shape index (κ2) is 10.7. The number of para-hydroxylation sites is 2. The summed E-state index contributed by atoms with van der Waals surface area (Å²) in [6.07, 6.45) is 3.93. The molecule has 0 radical (unpaired) electrons. The molecule has 0 spiro atoms. The molecule has 170 valence electrons. The Hall–Kier alpha value is -3.11. The van der Waals surface area contributed by atoms with Crippen molar-refractivity contribution in [3.05, 3.63) is 99.8 Å². The molecule has 0 aliphatic rings. The SMILES string of the molecule is Cc1ccc(C)c(Cn2c(CCCCCNC(=O)c3ccc(Cl)cc3)nc3ccccc32)c1. The molecule has 0 saturated carbocycles. The molecule has 1 amide bonds. The summed E-state index contributed by atoms with van der Waals surface area (Å²) in [5.74, 6) is 1.07. The lowest BCUT2D eigenvalue weighted by molar-refractivity contribution is 0.0953. The van der Waals surface area contributed by atoms with Crippen molar-refractivity contribution < 1.29 is 4.79 Å². The minimum absolute atomic E-state index is 0.0537. The van der Waals surface area contributed by atoms with Gasteiger partial charge in [0.2, 0.25) is 0 Å². The van der Waals surface area contributed by atoms with E-state index in [1.165, 1.54) is 22.2 Å². The second-order valence-electron chi connectivity index (χ2n) is 8.61. The molecule has 0 aliphatic carbocycles. The van der Waals surface area contributed by atoms with E-state index in [1.54, 1.807) is 24.3 Å².